The third-order valence-electron chi connectivity index (χ3n) is 4.23. The van der Waals surface area contributed by atoms with Crippen molar-refractivity contribution < 1.29 is 19.2 Å². The first-order chi connectivity index (χ1) is 11.6. The third kappa shape index (κ3) is 3.61. The predicted molar refractivity (Wildman–Crippen MR) is 85.3 cm³/mol. The van der Waals surface area contributed by atoms with E-state index in [1.807, 2.05) is 6.07 Å². The lowest BCUT2D eigenvalue weighted by molar-refractivity contribution is -0.137. The van der Waals surface area contributed by atoms with Gasteiger partial charge in [-0.2, -0.15) is 0 Å². The van der Waals surface area contributed by atoms with Crippen molar-refractivity contribution in [2.24, 2.45) is 0 Å². The molecule has 2 aromatic heterocycles. The summed E-state index contributed by atoms with van der Waals surface area (Å²) in [5.41, 5.74) is 1.15. The van der Waals surface area contributed by atoms with Crippen LogP contribution in [0.25, 0.3) is 11.4 Å². The Morgan fingerprint density at radius 2 is 2.17 bits per heavy atom. The van der Waals surface area contributed by atoms with Gasteiger partial charge in [0.05, 0.1) is 5.69 Å². The van der Waals surface area contributed by atoms with Gasteiger partial charge in [-0.3, -0.25) is 14.6 Å². The minimum absolute atomic E-state index is 0.0596. The second-order valence-electron chi connectivity index (χ2n) is 5.87. The molecule has 24 heavy (non-hydrogen) atoms. The van der Waals surface area contributed by atoms with Crippen LogP contribution in [0.2, 0.25) is 0 Å². The summed E-state index contributed by atoms with van der Waals surface area (Å²) in [6, 6.07) is 6.96. The van der Waals surface area contributed by atoms with Gasteiger partial charge < -0.3 is 14.5 Å². The molecule has 0 bridgehead atoms. The number of pyridine rings is 1. The van der Waals surface area contributed by atoms with Gasteiger partial charge in [-0.1, -0.05) is 11.2 Å². The molecule has 2 aromatic rings. The van der Waals surface area contributed by atoms with Crippen LogP contribution >= 0.6 is 0 Å². The summed E-state index contributed by atoms with van der Waals surface area (Å²) < 4.78 is 5.21. The van der Waals surface area contributed by atoms with Crippen molar-refractivity contribution in [3.05, 3.63) is 36.2 Å². The largest absolute Gasteiger partial charge is 0.481 e. The number of carbonyl (C=O) groups excluding carboxylic acids is 1. The maximum Gasteiger partial charge on any atom is 0.303 e. The van der Waals surface area contributed by atoms with Gasteiger partial charge in [-0.15, -0.1) is 0 Å². The fraction of sp³-hybridized carbons (Fsp3) is 0.412. The van der Waals surface area contributed by atoms with Crippen LogP contribution in [0.1, 0.15) is 42.7 Å². The van der Waals surface area contributed by atoms with E-state index in [4.69, 9.17) is 9.63 Å². The van der Waals surface area contributed by atoms with E-state index in [1.54, 1.807) is 29.3 Å². The van der Waals surface area contributed by atoms with E-state index in [9.17, 15) is 9.59 Å². The van der Waals surface area contributed by atoms with Crippen molar-refractivity contribution in [2.75, 3.05) is 6.54 Å². The lowest BCUT2D eigenvalue weighted by Crippen LogP contribution is -2.43. The maximum atomic E-state index is 12.7. The Hall–Kier alpha value is -2.70. The van der Waals surface area contributed by atoms with Gasteiger partial charge in [-0.25, -0.2) is 0 Å². The normalized spacial score (nSPS) is 17.7. The minimum atomic E-state index is -0.843. The van der Waals surface area contributed by atoms with E-state index in [0.717, 1.165) is 19.3 Å². The molecule has 7 nitrogen and oxygen atoms in total. The number of rotatable bonds is 5. The molecule has 0 aliphatic carbocycles. The van der Waals surface area contributed by atoms with E-state index in [1.165, 1.54) is 0 Å². The number of carbonyl (C=O) groups is 2. The number of carboxylic acids is 1. The molecule has 1 aliphatic heterocycles. The van der Waals surface area contributed by atoms with Gasteiger partial charge >= 0.3 is 5.97 Å². The maximum absolute atomic E-state index is 12.7. The molecule has 1 saturated heterocycles. The van der Waals surface area contributed by atoms with Crippen molar-refractivity contribution in [3.8, 4) is 11.4 Å². The molecular weight excluding hydrogens is 310 g/mol. The van der Waals surface area contributed by atoms with Gasteiger partial charge in [0.25, 0.3) is 5.91 Å². The zero-order chi connectivity index (χ0) is 16.9. The van der Waals surface area contributed by atoms with E-state index < -0.39 is 5.97 Å². The Morgan fingerprint density at radius 1 is 1.29 bits per heavy atom. The second-order valence-corrected chi connectivity index (χ2v) is 5.87. The van der Waals surface area contributed by atoms with Crippen molar-refractivity contribution in [3.63, 3.8) is 0 Å². The molecule has 1 amide bonds. The van der Waals surface area contributed by atoms with Gasteiger partial charge in [0, 0.05) is 31.3 Å². The van der Waals surface area contributed by atoms with Gasteiger partial charge in [-0.05, 0) is 37.8 Å². The van der Waals surface area contributed by atoms with E-state index >= 15 is 0 Å². The molecule has 0 saturated carbocycles. The Bertz CT molecular complexity index is 714. The van der Waals surface area contributed by atoms with Crippen molar-refractivity contribution >= 4 is 11.9 Å². The number of aliphatic carboxylic acids is 1. The highest BCUT2D eigenvalue weighted by atomic mass is 16.5. The smallest absolute Gasteiger partial charge is 0.303 e. The predicted octanol–water partition coefficient (Wildman–Crippen LogP) is 2.60. The van der Waals surface area contributed by atoms with Crippen LogP contribution in [0.15, 0.2) is 35.0 Å². The van der Waals surface area contributed by atoms with Crippen LogP contribution in [0.4, 0.5) is 0 Å². The lowest BCUT2D eigenvalue weighted by atomic mass is 9.97. The summed E-state index contributed by atoms with van der Waals surface area (Å²) >= 11 is 0. The fourth-order valence-corrected chi connectivity index (χ4v) is 3.01. The van der Waals surface area contributed by atoms with Crippen molar-refractivity contribution in [2.45, 2.75) is 38.1 Å². The zero-order valence-electron chi connectivity index (χ0n) is 13.2. The van der Waals surface area contributed by atoms with Crippen molar-refractivity contribution in [1.82, 2.24) is 15.0 Å². The molecule has 1 unspecified atom stereocenters. The van der Waals surface area contributed by atoms with Gasteiger partial charge in [0.1, 0.15) is 5.69 Å². The number of nitrogens with zero attached hydrogens (tertiary/aromatic N) is 3. The summed E-state index contributed by atoms with van der Waals surface area (Å²) in [6.45, 7) is 0.614. The zero-order valence-corrected chi connectivity index (χ0v) is 13.2. The molecule has 1 N–H and O–H groups in total. The summed E-state index contributed by atoms with van der Waals surface area (Å²) in [4.78, 5) is 29.4. The lowest BCUT2D eigenvalue weighted by Gasteiger charge is -2.34. The summed E-state index contributed by atoms with van der Waals surface area (Å²) in [5.74, 6) is -0.914. The first kappa shape index (κ1) is 16.2. The van der Waals surface area contributed by atoms with Crippen LogP contribution < -0.4 is 0 Å². The number of hydrogen-bond acceptors (Lipinski definition) is 5. The Kier molecular flexibility index (Phi) is 4.88. The minimum Gasteiger partial charge on any atom is -0.481 e. The van der Waals surface area contributed by atoms with Crippen molar-refractivity contribution in [1.29, 1.82) is 0 Å². The summed E-state index contributed by atoms with van der Waals surface area (Å²) in [7, 11) is 0. The molecule has 0 spiro atoms. The number of aromatic nitrogens is 2. The molecule has 3 heterocycles. The van der Waals surface area contributed by atoms with Gasteiger partial charge in [0.15, 0.2) is 0 Å². The highest BCUT2D eigenvalue weighted by Gasteiger charge is 2.30. The number of likely N-dealkylation sites (tertiary alicyclic amines) is 1. The van der Waals surface area contributed by atoms with Crippen LogP contribution in [-0.2, 0) is 4.79 Å². The standard InChI is InChI=1S/C17H19N3O4/c21-16(22)8-7-12-5-2-4-10-20(12)17(23)15-11-14(19-24-15)13-6-1-3-9-18-13/h1,3,6,9,11-12H,2,4-5,7-8,10H2,(H,21,22). The SMILES string of the molecule is O=C(O)CCC1CCCCN1C(=O)c1cc(-c2ccccn2)no1. The van der Waals surface area contributed by atoms with E-state index in [2.05, 4.69) is 10.1 Å². The fourth-order valence-electron chi connectivity index (χ4n) is 3.01. The first-order valence-corrected chi connectivity index (χ1v) is 8.06. The average Bonchev–Trinajstić information content (AvgIpc) is 3.10. The molecule has 0 radical (unpaired) electrons. The molecule has 0 aromatic carbocycles. The highest BCUT2D eigenvalue weighted by molar-refractivity contribution is 5.92. The quantitative estimate of drug-likeness (QED) is 0.905. The molecular formula is C17H19N3O4. The molecule has 1 aliphatic rings. The van der Waals surface area contributed by atoms with Crippen LogP contribution in [0.3, 0.4) is 0 Å². The molecule has 1 atom stereocenters. The molecule has 1 fully saturated rings. The van der Waals surface area contributed by atoms with Crippen LogP contribution in [0.5, 0.6) is 0 Å². The number of amides is 1. The summed E-state index contributed by atoms with van der Waals surface area (Å²) in [6.07, 6.45) is 4.91. The Balaban J connectivity index is 1.74. The van der Waals surface area contributed by atoms with E-state index in [0.29, 0.717) is 24.4 Å². The highest BCUT2D eigenvalue weighted by Crippen LogP contribution is 2.24. The second kappa shape index (κ2) is 7.25. The Morgan fingerprint density at radius 3 is 2.92 bits per heavy atom. The monoisotopic (exact) mass is 329 g/mol. The Labute approximate surface area is 139 Å². The number of hydrogen-bond donors (Lipinski definition) is 1. The number of carboxylic acid groups (broad SMARTS) is 1. The molecule has 126 valence electrons. The topological polar surface area (TPSA) is 96.5 Å². The third-order valence-corrected chi connectivity index (χ3v) is 4.23. The molecule has 7 heteroatoms. The van der Waals surface area contributed by atoms with Gasteiger partial charge in [0.2, 0.25) is 5.76 Å². The van der Waals surface area contributed by atoms with Crippen LogP contribution in [0, 0.1) is 0 Å². The van der Waals surface area contributed by atoms with Crippen LogP contribution in [-0.4, -0.2) is 44.6 Å². The summed E-state index contributed by atoms with van der Waals surface area (Å²) in [5, 5.41) is 12.8. The molecule has 3 rings (SSSR count). The first-order valence-electron chi connectivity index (χ1n) is 8.06. The van der Waals surface area contributed by atoms with E-state index in [-0.39, 0.29) is 24.1 Å². The average molecular weight is 329 g/mol. The number of piperidine rings is 1.